The van der Waals surface area contributed by atoms with Gasteiger partial charge in [0, 0.05) is 49.7 Å². The van der Waals surface area contributed by atoms with E-state index in [1.54, 1.807) is 0 Å². The van der Waals surface area contributed by atoms with Gasteiger partial charge in [0.25, 0.3) is 0 Å². The van der Waals surface area contributed by atoms with Crippen LogP contribution in [-0.2, 0) is 0 Å². The van der Waals surface area contributed by atoms with E-state index in [0.29, 0.717) is 0 Å². The molecule has 3 heteroatoms. The molecule has 3 nitrogen and oxygen atoms in total. The van der Waals surface area contributed by atoms with E-state index in [0.717, 1.165) is 77.9 Å². The number of furan rings is 1. The third kappa shape index (κ3) is 7.28. The van der Waals surface area contributed by atoms with Crippen molar-refractivity contribution in [2.24, 2.45) is 0 Å². The first-order chi connectivity index (χ1) is 37.1. The molecule has 0 aliphatic heterocycles. The monoisotopic (exact) mass is 954 g/mol. The zero-order valence-electron chi connectivity index (χ0n) is 40.9. The summed E-state index contributed by atoms with van der Waals surface area (Å²) in [7, 11) is 0. The molecular formula is C72H46N2O. The van der Waals surface area contributed by atoms with Crippen LogP contribution in [0.4, 0.5) is 17.1 Å². The summed E-state index contributed by atoms with van der Waals surface area (Å²) in [6, 6.07) is 101. The van der Waals surface area contributed by atoms with Crippen LogP contribution in [-0.4, -0.2) is 4.57 Å². The topological polar surface area (TPSA) is 21.3 Å². The highest BCUT2D eigenvalue weighted by Crippen LogP contribution is 2.41. The molecule has 15 rings (SSSR count). The molecule has 0 amide bonds. The third-order valence-electron chi connectivity index (χ3n) is 15.4. The standard InChI is InChI=1S/C72H46N2O/c1-3-17-62-50(11-1)23-24-52-25-26-56(45-68(52)62)54-14-9-13-53(43-54)47-27-35-58(36-28-47)73(60-39-31-49(32-40-60)57-34-41-66-67-42-33-51-12-2-4-18-63(51)72(67)75-71(66)46-57)59-37-29-48(30-38-59)55-15-10-16-61(44-55)74-69-21-7-5-19-64(69)65-20-6-8-22-70(65)74/h1-46H. The van der Waals surface area contributed by atoms with E-state index in [-0.39, 0.29) is 0 Å². The lowest BCUT2D eigenvalue weighted by molar-refractivity contribution is 0.673. The van der Waals surface area contributed by atoms with Gasteiger partial charge in [-0.2, -0.15) is 0 Å². The van der Waals surface area contributed by atoms with E-state index in [1.807, 2.05) is 0 Å². The summed E-state index contributed by atoms with van der Waals surface area (Å²) in [6.07, 6.45) is 0. The van der Waals surface area contributed by atoms with E-state index >= 15 is 0 Å². The molecule has 0 spiro atoms. The zero-order valence-corrected chi connectivity index (χ0v) is 40.9. The molecule has 0 aliphatic rings. The van der Waals surface area contributed by atoms with Crippen LogP contribution >= 0.6 is 0 Å². The van der Waals surface area contributed by atoms with Crippen LogP contribution in [0.3, 0.4) is 0 Å². The molecule has 0 bridgehead atoms. The highest BCUT2D eigenvalue weighted by atomic mass is 16.3. The molecule has 0 saturated heterocycles. The third-order valence-corrected chi connectivity index (χ3v) is 15.4. The quantitative estimate of drug-likeness (QED) is 0.142. The molecule has 2 aromatic heterocycles. The van der Waals surface area contributed by atoms with Crippen molar-refractivity contribution in [2.75, 3.05) is 4.90 Å². The predicted molar refractivity (Wildman–Crippen MR) is 317 cm³/mol. The van der Waals surface area contributed by atoms with E-state index < -0.39 is 0 Å². The lowest BCUT2D eigenvalue weighted by Gasteiger charge is -2.26. The van der Waals surface area contributed by atoms with Gasteiger partial charge in [0.15, 0.2) is 0 Å². The van der Waals surface area contributed by atoms with Crippen LogP contribution in [0, 0.1) is 0 Å². The summed E-state index contributed by atoms with van der Waals surface area (Å²) in [5.74, 6) is 0. The number of para-hydroxylation sites is 2. The lowest BCUT2D eigenvalue weighted by atomic mass is 9.95. The van der Waals surface area contributed by atoms with Gasteiger partial charge in [-0.05, 0) is 162 Å². The SMILES string of the molecule is c1cc(-c2ccc(N(c3ccc(-c4cccc(-n5c6ccccc6c6ccccc65)c4)cc3)c3ccc(-c4ccc5c(c4)oc4c6ccccc6ccc54)cc3)cc2)cc(-c2ccc3ccc4ccccc4c3c2)c1. The van der Waals surface area contributed by atoms with Crippen molar-refractivity contribution in [3.8, 4) is 50.2 Å². The number of rotatable bonds is 8. The predicted octanol–water partition coefficient (Wildman–Crippen LogP) is 20.3. The summed E-state index contributed by atoms with van der Waals surface area (Å²) in [5, 5.41) is 12.2. The summed E-state index contributed by atoms with van der Waals surface area (Å²) in [5.41, 5.74) is 17.9. The van der Waals surface area contributed by atoms with Gasteiger partial charge in [0.1, 0.15) is 11.2 Å². The fourth-order valence-electron chi connectivity index (χ4n) is 11.6. The number of hydrogen-bond acceptors (Lipinski definition) is 2. The molecule has 15 aromatic rings. The maximum Gasteiger partial charge on any atom is 0.143 e. The second kappa shape index (κ2) is 17.4. The first kappa shape index (κ1) is 42.7. The lowest BCUT2D eigenvalue weighted by Crippen LogP contribution is -2.09. The molecular weight excluding hydrogens is 909 g/mol. The molecule has 0 unspecified atom stereocenters. The Kier molecular flexibility index (Phi) is 9.89. The second-order valence-corrected chi connectivity index (χ2v) is 19.7. The van der Waals surface area contributed by atoms with Crippen LogP contribution in [0.15, 0.2) is 283 Å². The summed E-state index contributed by atoms with van der Waals surface area (Å²) in [6.45, 7) is 0. The maximum absolute atomic E-state index is 6.60. The molecule has 0 radical (unpaired) electrons. The summed E-state index contributed by atoms with van der Waals surface area (Å²) in [4.78, 5) is 2.36. The number of aromatic nitrogens is 1. The Bertz CT molecular complexity index is 4640. The second-order valence-electron chi connectivity index (χ2n) is 19.7. The number of benzene rings is 13. The smallest absolute Gasteiger partial charge is 0.143 e. The van der Waals surface area contributed by atoms with Crippen molar-refractivity contribution >= 4 is 93.1 Å². The average molecular weight is 955 g/mol. The van der Waals surface area contributed by atoms with Crippen molar-refractivity contribution in [1.29, 1.82) is 0 Å². The Morgan fingerprint density at radius 1 is 0.253 bits per heavy atom. The Morgan fingerprint density at radius 2 is 0.680 bits per heavy atom. The highest BCUT2D eigenvalue weighted by Gasteiger charge is 2.17. The first-order valence-electron chi connectivity index (χ1n) is 25.7. The van der Waals surface area contributed by atoms with Gasteiger partial charge in [-0.15, -0.1) is 0 Å². The van der Waals surface area contributed by atoms with Crippen molar-refractivity contribution in [1.82, 2.24) is 4.57 Å². The van der Waals surface area contributed by atoms with Gasteiger partial charge in [0.05, 0.1) is 11.0 Å². The number of fused-ring (bicyclic) bond motifs is 11. The van der Waals surface area contributed by atoms with Gasteiger partial charge in [-0.1, -0.05) is 188 Å². The minimum absolute atomic E-state index is 0.891. The molecule has 0 aliphatic carbocycles. The van der Waals surface area contributed by atoms with Crippen molar-refractivity contribution in [3.63, 3.8) is 0 Å². The summed E-state index contributed by atoms with van der Waals surface area (Å²) >= 11 is 0. The van der Waals surface area contributed by atoms with Gasteiger partial charge in [-0.25, -0.2) is 0 Å². The van der Waals surface area contributed by atoms with Crippen LogP contribution in [0.1, 0.15) is 0 Å². The van der Waals surface area contributed by atoms with Crippen LogP contribution in [0.25, 0.3) is 126 Å². The Morgan fingerprint density at radius 3 is 1.32 bits per heavy atom. The van der Waals surface area contributed by atoms with Gasteiger partial charge in [0.2, 0.25) is 0 Å². The molecule has 350 valence electrons. The number of nitrogens with zero attached hydrogens (tertiary/aromatic N) is 2. The highest BCUT2D eigenvalue weighted by molar-refractivity contribution is 6.15. The van der Waals surface area contributed by atoms with Crippen molar-refractivity contribution < 1.29 is 4.42 Å². The maximum atomic E-state index is 6.60. The van der Waals surface area contributed by atoms with E-state index in [2.05, 4.69) is 289 Å². The van der Waals surface area contributed by atoms with Gasteiger partial charge in [-0.3, -0.25) is 0 Å². The van der Waals surface area contributed by atoms with Crippen LogP contribution in [0.5, 0.6) is 0 Å². The minimum Gasteiger partial charge on any atom is -0.455 e. The van der Waals surface area contributed by atoms with Crippen LogP contribution in [0.2, 0.25) is 0 Å². The fourth-order valence-corrected chi connectivity index (χ4v) is 11.6. The van der Waals surface area contributed by atoms with Crippen LogP contribution < -0.4 is 4.90 Å². The first-order valence-corrected chi connectivity index (χ1v) is 25.7. The number of anilines is 3. The van der Waals surface area contributed by atoms with Crippen molar-refractivity contribution in [3.05, 3.63) is 279 Å². The van der Waals surface area contributed by atoms with E-state index in [4.69, 9.17) is 4.42 Å². The van der Waals surface area contributed by atoms with E-state index in [1.165, 1.54) is 65.4 Å². The molecule has 2 heterocycles. The van der Waals surface area contributed by atoms with Gasteiger partial charge >= 0.3 is 0 Å². The molecule has 0 saturated carbocycles. The van der Waals surface area contributed by atoms with Gasteiger partial charge < -0.3 is 13.9 Å². The largest absolute Gasteiger partial charge is 0.455 e. The Hall–Kier alpha value is -9.96. The normalized spacial score (nSPS) is 11.7. The molecule has 13 aromatic carbocycles. The average Bonchev–Trinajstić information content (AvgIpc) is 4.06. The van der Waals surface area contributed by atoms with E-state index in [9.17, 15) is 0 Å². The minimum atomic E-state index is 0.891. The molecule has 0 N–H and O–H groups in total. The molecule has 0 atom stereocenters. The Balaban J connectivity index is 0.786. The summed E-state index contributed by atoms with van der Waals surface area (Å²) < 4.78 is 8.98. The fraction of sp³-hybridized carbons (Fsp3) is 0. The molecule has 75 heavy (non-hydrogen) atoms. The van der Waals surface area contributed by atoms with Crippen molar-refractivity contribution in [2.45, 2.75) is 0 Å². The molecule has 0 fully saturated rings. The zero-order chi connectivity index (χ0) is 49.4. The Labute approximate surface area is 434 Å². The number of hydrogen-bond donors (Lipinski definition) is 0.